The second-order valence-corrected chi connectivity index (χ2v) is 7.01. The molecule has 0 unspecified atom stereocenters. The number of ether oxygens (including phenoxy) is 2. The molecule has 0 aromatic heterocycles. The number of nitrogens with zero attached hydrogens (tertiary/aromatic N) is 1. The maximum Gasteiger partial charge on any atom is 0.254 e. The standard InChI is InChI=1S/C19H20INO3/c1-14-12-21(9-10-23-14)19(22)16-7-8-18(17(20)11-16)24-13-15-5-3-2-4-6-15/h2-8,11,14H,9-10,12-13H2,1H3/t14-/m0/s1. The van der Waals surface area contributed by atoms with Crippen molar-refractivity contribution in [3.63, 3.8) is 0 Å². The van der Waals surface area contributed by atoms with E-state index in [1.54, 1.807) is 0 Å². The molecule has 2 aromatic carbocycles. The number of morpholine rings is 1. The number of halogens is 1. The number of rotatable bonds is 4. The first-order valence-corrected chi connectivity index (χ1v) is 9.08. The van der Waals surface area contributed by atoms with Gasteiger partial charge in [0.25, 0.3) is 5.91 Å². The third-order valence-corrected chi connectivity index (χ3v) is 4.79. The topological polar surface area (TPSA) is 38.8 Å². The molecule has 1 aliphatic heterocycles. The zero-order valence-corrected chi connectivity index (χ0v) is 15.7. The summed E-state index contributed by atoms with van der Waals surface area (Å²) in [4.78, 5) is 14.5. The molecule has 1 atom stereocenters. The molecule has 1 fully saturated rings. The molecule has 126 valence electrons. The van der Waals surface area contributed by atoms with E-state index in [2.05, 4.69) is 22.6 Å². The summed E-state index contributed by atoms with van der Waals surface area (Å²) in [7, 11) is 0. The largest absolute Gasteiger partial charge is 0.488 e. The molecule has 0 aliphatic carbocycles. The first-order valence-electron chi connectivity index (χ1n) is 8.00. The molecular weight excluding hydrogens is 417 g/mol. The average Bonchev–Trinajstić information content (AvgIpc) is 2.61. The van der Waals surface area contributed by atoms with Crippen molar-refractivity contribution in [1.29, 1.82) is 0 Å². The van der Waals surface area contributed by atoms with Crippen molar-refractivity contribution in [2.45, 2.75) is 19.6 Å². The van der Waals surface area contributed by atoms with Crippen molar-refractivity contribution in [2.24, 2.45) is 0 Å². The van der Waals surface area contributed by atoms with Gasteiger partial charge in [0.1, 0.15) is 12.4 Å². The van der Waals surface area contributed by atoms with Gasteiger partial charge < -0.3 is 14.4 Å². The number of carbonyl (C=O) groups excluding carboxylic acids is 1. The van der Waals surface area contributed by atoms with Crippen molar-refractivity contribution in [1.82, 2.24) is 4.90 Å². The smallest absolute Gasteiger partial charge is 0.254 e. The highest BCUT2D eigenvalue weighted by Gasteiger charge is 2.23. The normalized spacial score (nSPS) is 17.6. The molecule has 1 aliphatic rings. The van der Waals surface area contributed by atoms with Gasteiger partial charge in [-0.2, -0.15) is 0 Å². The van der Waals surface area contributed by atoms with Crippen molar-refractivity contribution in [3.05, 3.63) is 63.2 Å². The van der Waals surface area contributed by atoms with Gasteiger partial charge in [0.2, 0.25) is 0 Å². The van der Waals surface area contributed by atoms with Crippen molar-refractivity contribution < 1.29 is 14.3 Å². The van der Waals surface area contributed by atoms with Gasteiger partial charge >= 0.3 is 0 Å². The molecular formula is C19H20INO3. The van der Waals surface area contributed by atoms with Crippen LogP contribution in [0.4, 0.5) is 0 Å². The Labute approximate surface area is 155 Å². The summed E-state index contributed by atoms with van der Waals surface area (Å²) in [6.45, 7) is 4.39. The number of hydrogen-bond acceptors (Lipinski definition) is 3. The molecule has 3 rings (SSSR count). The summed E-state index contributed by atoms with van der Waals surface area (Å²) in [5, 5.41) is 0. The molecule has 4 nitrogen and oxygen atoms in total. The number of benzene rings is 2. The molecule has 0 radical (unpaired) electrons. The van der Waals surface area contributed by atoms with E-state index in [1.807, 2.05) is 60.4 Å². The van der Waals surface area contributed by atoms with Crippen LogP contribution in [0.3, 0.4) is 0 Å². The van der Waals surface area contributed by atoms with Crippen LogP contribution in [0, 0.1) is 3.57 Å². The SMILES string of the molecule is C[C@H]1CN(C(=O)c2ccc(OCc3ccccc3)c(I)c2)CCO1. The highest BCUT2D eigenvalue weighted by molar-refractivity contribution is 14.1. The number of hydrogen-bond donors (Lipinski definition) is 0. The second-order valence-electron chi connectivity index (χ2n) is 5.85. The summed E-state index contributed by atoms with van der Waals surface area (Å²) < 4.78 is 12.3. The summed E-state index contributed by atoms with van der Waals surface area (Å²) >= 11 is 2.22. The molecule has 1 saturated heterocycles. The van der Waals surface area contributed by atoms with E-state index in [-0.39, 0.29) is 12.0 Å². The summed E-state index contributed by atoms with van der Waals surface area (Å²) in [5.41, 5.74) is 1.82. The first kappa shape index (κ1) is 17.2. The summed E-state index contributed by atoms with van der Waals surface area (Å²) in [6.07, 6.45) is 0.0928. The van der Waals surface area contributed by atoms with Gasteiger partial charge in [0.15, 0.2) is 0 Å². The predicted octanol–water partition coefficient (Wildman–Crippen LogP) is 3.73. The van der Waals surface area contributed by atoms with Crippen molar-refractivity contribution in [3.8, 4) is 5.75 Å². The Morgan fingerprint density at radius 2 is 2.08 bits per heavy atom. The van der Waals surface area contributed by atoms with Crippen LogP contribution in [0.15, 0.2) is 48.5 Å². The third kappa shape index (κ3) is 4.27. The van der Waals surface area contributed by atoms with Crippen molar-refractivity contribution in [2.75, 3.05) is 19.7 Å². The van der Waals surface area contributed by atoms with Gasteiger partial charge in [-0.05, 0) is 53.3 Å². The van der Waals surface area contributed by atoms with E-state index in [9.17, 15) is 4.79 Å². The minimum atomic E-state index is 0.0534. The van der Waals surface area contributed by atoms with Gasteiger partial charge in [-0.15, -0.1) is 0 Å². The quantitative estimate of drug-likeness (QED) is 0.685. The first-order chi connectivity index (χ1) is 11.6. The van der Waals surface area contributed by atoms with Crippen LogP contribution in [0.2, 0.25) is 0 Å². The third-order valence-electron chi connectivity index (χ3n) is 3.94. The monoisotopic (exact) mass is 437 g/mol. The zero-order valence-electron chi connectivity index (χ0n) is 13.6. The van der Waals surface area contributed by atoms with Gasteiger partial charge in [-0.3, -0.25) is 4.79 Å². The number of amides is 1. The minimum Gasteiger partial charge on any atom is -0.488 e. The molecule has 1 amide bonds. The molecule has 24 heavy (non-hydrogen) atoms. The van der Waals surface area contributed by atoms with Crippen LogP contribution < -0.4 is 4.74 Å². The second kappa shape index (κ2) is 7.98. The minimum absolute atomic E-state index is 0.0534. The lowest BCUT2D eigenvalue weighted by Gasteiger charge is -2.31. The van der Waals surface area contributed by atoms with E-state index in [0.29, 0.717) is 31.9 Å². The number of carbonyl (C=O) groups is 1. The van der Waals surface area contributed by atoms with Gasteiger partial charge in [0.05, 0.1) is 16.3 Å². The zero-order chi connectivity index (χ0) is 16.9. The summed E-state index contributed by atoms with van der Waals surface area (Å²) in [5.74, 6) is 0.851. The highest BCUT2D eigenvalue weighted by Crippen LogP contribution is 2.24. The van der Waals surface area contributed by atoms with E-state index in [0.717, 1.165) is 14.9 Å². The van der Waals surface area contributed by atoms with Gasteiger partial charge in [-0.1, -0.05) is 30.3 Å². The van der Waals surface area contributed by atoms with Crippen LogP contribution >= 0.6 is 22.6 Å². The molecule has 2 aromatic rings. The van der Waals surface area contributed by atoms with Crippen LogP contribution in [0.5, 0.6) is 5.75 Å². The van der Waals surface area contributed by atoms with E-state index in [1.165, 1.54) is 0 Å². The fraction of sp³-hybridized carbons (Fsp3) is 0.316. The van der Waals surface area contributed by atoms with Crippen LogP contribution in [0.1, 0.15) is 22.8 Å². The Bertz CT molecular complexity index is 705. The molecule has 0 spiro atoms. The Kier molecular flexibility index (Phi) is 5.73. The lowest BCUT2D eigenvalue weighted by molar-refractivity contribution is -0.0124. The van der Waals surface area contributed by atoms with Gasteiger partial charge in [-0.25, -0.2) is 0 Å². The lowest BCUT2D eigenvalue weighted by Crippen LogP contribution is -2.44. The van der Waals surface area contributed by atoms with Gasteiger partial charge in [0, 0.05) is 18.7 Å². The Balaban J connectivity index is 1.66. The van der Waals surface area contributed by atoms with Crippen LogP contribution in [0.25, 0.3) is 0 Å². The molecule has 0 bridgehead atoms. The molecule has 5 heteroatoms. The average molecular weight is 437 g/mol. The maximum atomic E-state index is 12.6. The summed E-state index contributed by atoms with van der Waals surface area (Å²) in [6, 6.07) is 15.6. The highest BCUT2D eigenvalue weighted by atomic mass is 127. The van der Waals surface area contributed by atoms with E-state index < -0.39 is 0 Å². The van der Waals surface area contributed by atoms with Crippen LogP contribution in [-0.2, 0) is 11.3 Å². The van der Waals surface area contributed by atoms with Crippen molar-refractivity contribution >= 4 is 28.5 Å². The van der Waals surface area contributed by atoms with E-state index >= 15 is 0 Å². The molecule has 0 saturated carbocycles. The predicted molar refractivity (Wildman–Crippen MR) is 101 cm³/mol. The Morgan fingerprint density at radius 3 is 2.79 bits per heavy atom. The van der Waals surface area contributed by atoms with Crippen LogP contribution in [-0.4, -0.2) is 36.6 Å². The fourth-order valence-electron chi connectivity index (χ4n) is 2.67. The van der Waals surface area contributed by atoms with E-state index in [4.69, 9.17) is 9.47 Å². The fourth-order valence-corrected chi connectivity index (χ4v) is 3.34. The lowest BCUT2D eigenvalue weighted by atomic mass is 10.1. The molecule has 0 N–H and O–H groups in total. The Morgan fingerprint density at radius 1 is 1.29 bits per heavy atom. The Hall–Kier alpha value is -1.60. The maximum absolute atomic E-state index is 12.6. The molecule has 1 heterocycles.